The van der Waals surface area contributed by atoms with Crippen molar-refractivity contribution in [1.29, 1.82) is 0 Å². The minimum atomic E-state index is -3.52. The molecule has 0 aromatic carbocycles. The second kappa shape index (κ2) is 6.51. The smallest absolute Gasteiger partial charge is 0.244 e. The highest BCUT2D eigenvalue weighted by Gasteiger charge is 2.25. The summed E-state index contributed by atoms with van der Waals surface area (Å²) in [7, 11) is -1.47. The number of nitrogens with one attached hydrogen (secondary N) is 2. The Labute approximate surface area is 120 Å². The lowest BCUT2D eigenvalue weighted by Gasteiger charge is -2.29. The average molecular weight is 298 g/mol. The zero-order valence-corrected chi connectivity index (χ0v) is 12.8. The third kappa shape index (κ3) is 3.68. The van der Waals surface area contributed by atoms with Crippen LogP contribution in [0.1, 0.15) is 19.8 Å². The van der Waals surface area contributed by atoms with E-state index in [-0.39, 0.29) is 10.9 Å². The Kier molecular flexibility index (Phi) is 4.95. The van der Waals surface area contributed by atoms with Gasteiger partial charge in [-0.05, 0) is 52.0 Å². The van der Waals surface area contributed by atoms with Gasteiger partial charge in [-0.2, -0.15) is 0 Å². The summed E-state index contributed by atoms with van der Waals surface area (Å²) in [6.07, 6.45) is 3.27. The van der Waals surface area contributed by atoms with Gasteiger partial charge in [0.25, 0.3) is 0 Å². The van der Waals surface area contributed by atoms with Gasteiger partial charge in [-0.3, -0.25) is 0 Å². The van der Waals surface area contributed by atoms with Crippen molar-refractivity contribution in [1.82, 2.24) is 14.6 Å². The number of likely N-dealkylation sites (tertiary alicyclic amines) is 1. The molecule has 112 valence electrons. The van der Waals surface area contributed by atoms with Crippen LogP contribution in [0.25, 0.3) is 0 Å². The normalized spacial score (nSPS) is 18.1. The highest BCUT2D eigenvalue weighted by molar-refractivity contribution is 7.89. The fourth-order valence-corrected chi connectivity index (χ4v) is 3.76. The maximum absolute atomic E-state index is 12.5. The maximum atomic E-state index is 12.5. The van der Waals surface area contributed by atoms with Crippen molar-refractivity contribution in [2.75, 3.05) is 32.0 Å². The molecule has 1 fully saturated rings. The molecule has 2 rings (SSSR count). The van der Waals surface area contributed by atoms with Gasteiger partial charge in [-0.25, -0.2) is 18.1 Å². The quantitative estimate of drug-likeness (QED) is 0.844. The zero-order valence-electron chi connectivity index (χ0n) is 12.0. The molecule has 0 radical (unpaired) electrons. The summed E-state index contributed by atoms with van der Waals surface area (Å²) in [5.74, 6) is 0.412. The Morgan fingerprint density at radius 1 is 1.40 bits per heavy atom. The summed E-state index contributed by atoms with van der Waals surface area (Å²) in [6.45, 7) is 4.38. The van der Waals surface area contributed by atoms with Crippen molar-refractivity contribution in [2.45, 2.75) is 30.7 Å². The molecular weight excluding hydrogens is 276 g/mol. The van der Waals surface area contributed by atoms with Crippen molar-refractivity contribution in [3.63, 3.8) is 0 Å². The highest BCUT2D eigenvalue weighted by Crippen LogP contribution is 2.19. The van der Waals surface area contributed by atoms with Gasteiger partial charge in [0.1, 0.15) is 10.7 Å². The molecule has 1 aliphatic heterocycles. The molecule has 1 aromatic rings. The topological polar surface area (TPSA) is 74.3 Å². The summed E-state index contributed by atoms with van der Waals surface area (Å²) < 4.78 is 27.7. The standard InChI is InChI=1S/C13H22N4O2S/c1-3-14-13-12(5-4-8-15-13)20(18,19)16-11-6-9-17(2)10-7-11/h4-5,8,11,16H,3,6-7,9-10H2,1-2H3,(H,14,15). The van der Waals surface area contributed by atoms with Gasteiger partial charge in [-0.15, -0.1) is 0 Å². The first-order valence-electron chi connectivity index (χ1n) is 6.92. The predicted octanol–water partition coefficient (Wildman–Crippen LogP) is 0.886. The van der Waals surface area contributed by atoms with Crippen LogP contribution in [-0.2, 0) is 10.0 Å². The first-order valence-corrected chi connectivity index (χ1v) is 8.41. The largest absolute Gasteiger partial charge is 0.369 e. The summed E-state index contributed by atoms with van der Waals surface area (Å²) in [6, 6.07) is 3.23. The molecule has 0 aliphatic carbocycles. The van der Waals surface area contributed by atoms with E-state index in [1.165, 1.54) is 0 Å². The second-order valence-corrected chi connectivity index (χ2v) is 6.76. The van der Waals surface area contributed by atoms with Crippen LogP contribution < -0.4 is 10.0 Å². The Balaban J connectivity index is 2.14. The Morgan fingerprint density at radius 3 is 2.75 bits per heavy atom. The molecule has 2 heterocycles. The molecule has 6 nitrogen and oxygen atoms in total. The number of pyridine rings is 1. The SMILES string of the molecule is CCNc1ncccc1S(=O)(=O)NC1CCN(C)CC1. The van der Waals surface area contributed by atoms with E-state index in [9.17, 15) is 8.42 Å². The minimum absolute atomic E-state index is 0.00545. The number of aromatic nitrogens is 1. The van der Waals surface area contributed by atoms with Gasteiger partial charge in [-0.1, -0.05) is 0 Å². The number of anilines is 1. The van der Waals surface area contributed by atoms with Crippen LogP contribution in [0.2, 0.25) is 0 Å². The Hall–Kier alpha value is -1.18. The van der Waals surface area contributed by atoms with Crippen LogP contribution in [0.3, 0.4) is 0 Å². The predicted molar refractivity (Wildman–Crippen MR) is 79.2 cm³/mol. The summed E-state index contributed by atoms with van der Waals surface area (Å²) in [4.78, 5) is 6.53. The maximum Gasteiger partial charge on any atom is 0.244 e. The number of hydrogen-bond donors (Lipinski definition) is 2. The number of sulfonamides is 1. The lowest BCUT2D eigenvalue weighted by atomic mass is 10.1. The first-order chi connectivity index (χ1) is 9.53. The number of rotatable bonds is 5. The molecule has 0 unspecified atom stereocenters. The van der Waals surface area contributed by atoms with Crippen LogP contribution in [0.5, 0.6) is 0 Å². The summed E-state index contributed by atoms with van der Waals surface area (Å²) in [5.41, 5.74) is 0. The van der Waals surface area contributed by atoms with Crippen LogP contribution in [0, 0.1) is 0 Å². The van der Waals surface area contributed by atoms with Gasteiger partial charge in [0, 0.05) is 18.8 Å². The molecule has 2 N–H and O–H groups in total. The Bertz CT molecular complexity index is 539. The third-order valence-corrected chi connectivity index (χ3v) is 5.00. The monoisotopic (exact) mass is 298 g/mol. The summed E-state index contributed by atoms with van der Waals surface area (Å²) >= 11 is 0. The van der Waals surface area contributed by atoms with Gasteiger partial charge >= 0.3 is 0 Å². The molecule has 1 saturated heterocycles. The molecule has 1 aliphatic rings. The molecule has 0 atom stereocenters. The Morgan fingerprint density at radius 2 is 2.10 bits per heavy atom. The minimum Gasteiger partial charge on any atom is -0.369 e. The molecule has 0 amide bonds. The van der Waals surface area contributed by atoms with Crippen LogP contribution in [0.15, 0.2) is 23.2 Å². The van der Waals surface area contributed by atoms with Crippen LogP contribution in [-0.4, -0.2) is 51.0 Å². The van der Waals surface area contributed by atoms with Crippen molar-refractivity contribution < 1.29 is 8.42 Å². The van der Waals surface area contributed by atoms with Crippen LogP contribution >= 0.6 is 0 Å². The highest BCUT2D eigenvalue weighted by atomic mass is 32.2. The zero-order chi connectivity index (χ0) is 14.6. The fourth-order valence-electron chi connectivity index (χ4n) is 2.32. The van der Waals surface area contributed by atoms with E-state index in [0.29, 0.717) is 12.4 Å². The number of hydrogen-bond acceptors (Lipinski definition) is 5. The van der Waals surface area contributed by atoms with Gasteiger partial charge < -0.3 is 10.2 Å². The molecule has 7 heteroatoms. The van der Waals surface area contributed by atoms with E-state index in [1.807, 2.05) is 6.92 Å². The van der Waals surface area contributed by atoms with Gasteiger partial charge in [0.05, 0.1) is 0 Å². The van der Waals surface area contributed by atoms with Crippen molar-refractivity contribution in [2.24, 2.45) is 0 Å². The molecule has 0 saturated carbocycles. The first kappa shape index (κ1) is 15.2. The lowest BCUT2D eigenvalue weighted by molar-refractivity contribution is 0.248. The molecule has 0 spiro atoms. The van der Waals surface area contributed by atoms with Crippen molar-refractivity contribution >= 4 is 15.8 Å². The molecule has 1 aromatic heterocycles. The number of nitrogens with zero attached hydrogens (tertiary/aromatic N) is 2. The van der Waals surface area contributed by atoms with Crippen LogP contribution in [0.4, 0.5) is 5.82 Å². The second-order valence-electron chi connectivity index (χ2n) is 5.08. The van der Waals surface area contributed by atoms with E-state index < -0.39 is 10.0 Å². The summed E-state index contributed by atoms with van der Waals surface area (Å²) in [5, 5.41) is 2.99. The van der Waals surface area contributed by atoms with E-state index in [2.05, 4.69) is 27.0 Å². The molecular formula is C13H22N4O2S. The van der Waals surface area contributed by atoms with Crippen molar-refractivity contribution in [3.8, 4) is 0 Å². The van der Waals surface area contributed by atoms with E-state index >= 15 is 0 Å². The number of piperidine rings is 1. The van der Waals surface area contributed by atoms with E-state index in [0.717, 1.165) is 25.9 Å². The average Bonchev–Trinajstić information content (AvgIpc) is 2.42. The molecule has 0 bridgehead atoms. The van der Waals surface area contributed by atoms with E-state index in [1.54, 1.807) is 18.3 Å². The van der Waals surface area contributed by atoms with Gasteiger partial charge in [0.2, 0.25) is 10.0 Å². The van der Waals surface area contributed by atoms with Crippen molar-refractivity contribution in [3.05, 3.63) is 18.3 Å². The lowest BCUT2D eigenvalue weighted by Crippen LogP contribution is -2.43. The van der Waals surface area contributed by atoms with Gasteiger partial charge in [0.15, 0.2) is 0 Å². The fraction of sp³-hybridized carbons (Fsp3) is 0.615. The van der Waals surface area contributed by atoms with E-state index in [4.69, 9.17) is 0 Å². The third-order valence-electron chi connectivity index (χ3n) is 3.44. The molecule has 20 heavy (non-hydrogen) atoms.